The highest BCUT2D eigenvalue weighted by atomic mass is 35.5. The van der Waals surface area contributed by atoms with Gasteiger partial charge in [-0.2, -0.15) is 0 Å². The Morgan fingerprint density at radius 2 is 1.73 bits per heavy atom. The second kappa shape index (κ2) is 7.58. The molecule has 2 heterocycles. The minimum absolute atomic E-state index is 0.0345. The Balaban J connectivity index is 1.39. The van der Waals surface area contributed by atoms with Crippen molar-refractivity contribution >= 4 is 17.6 Å². The quantitative estimate of drug-likeness (QED) is 0.604. The molecular weight excluding hydrogens is 404 g/mol. The Morgan fingerprint density at radius 3 is 2.53 bits per heavy atom. The summed E-state index contributed by atoms with van der Waals surface area (Å²) in [5.74, 6) is 0.893. The molecule has 0 unspecified atom stereocenters. The smallest absolute Gasteiger partial charge is 0.304 e. The molecule has 3 aromatic carbocycles. The van der Waals surface area contributed by atoms with Gasteiger partial charge in [-0.05, 0) is 41.0 Å². The van der Waals surface area contributed by atoms with Gasteiger partial charge in [-0.1, -0.05) is 41.9 Å². The molecule has 152 valence electrons. The number of hydrogen-bond acceptors (Lipinski definition) is 4. The van der Waals surface area contributed by atoms with Crippen LogP contribution < -0.4 is 14.2 Å². The fourth-order valence-corrected chi connectivity index (χ4v) is 4.07. The predicted octanol–water partition coefficient (Wildman–Crippen LogP) is 5.47. The molecule has 1 N–H and O–H groups in total. The Kier molecular flexibility index (Phi) is 4.75. The van der Waals surface area contributed by atoms with Gasteiger partial charge in [0.05, 0.1) is 13.0 Å². The van der Waals surface area contributed by atoms with Crippen molar-refractivity contribution in [3.8, 4) is 28.4 Å². The van der Waals surface area contributed by atoms with Crippen LogP contribution in [0.2, 0.25) is 5.02 Å². The molecule has 2 atom stereocenters. The lowest BCUT2D eigenvalue weighted by Crippen LogP contribution is -2.21. The van der Waals surface area contributed by atoms with E-state index >= 15 is 0 Å². The van der Waals surface area contributed by atoms with Crippen molar-refractivity contribution < 1.29 is 24.1 Å². The van der Waals surface area contributed by atoms with E-state index in [0.29, 0.717) is 35.5 Å². The van der Waals surface area contributed by atoms with Gasteiger partial charge in [0.15, 0.2) is 17.6 Å². The minimum Gasteiger partial charge on any atom is -0.492 e. The third kappa shape index (κ3) is 3.57. The van der Waals surface area contributed by atoms with E-state index in [1.165, 1.54) is 0 Å². The first-order valence-corrected chi connectivity index (χ1v) is 10.1. The number of carboxylic acid groups (broad SMARTS) is 1. The second-order valence-electron chi connectivity index (χ2n) is 7.49. The van der Waals surface area contributed by atoms with E-state index in [4.69, 9.17) is 30.9 Å². The number of aliphatic carboxylic acids is 1. The summed E-state index contributed by atoms with van der Waals surface area (Å²) in [6.07, 6.45) is -0.216. The average Bonchev–Trinajstić information content (AvgIpc) is 3.13. The molecule has 5 rings (SSSR count). The van der Waals surface area contributed by atoms with Gasteiger partial charge in [-0.3, -0.25) is 4.79 Å². The number of carbonyl (C=O) groups is 1. The van der Waals surface area contributed by atoms with Crippen LogP contribution >= 0.6 is 11.6 Å². The van der Waals surface area contributed by atoms with Crippen LogP contribution in [0.15, 0.2) is 60.7 Å². The number of rotatable bonds is 4. The average molecular weight is 423 g/mol. The molecule has 0 spiro atoms. The summed E-state index contributed by atoms with van der Waals surface area (Å²) in [4.78, 5) is 11.1. The van der Waals surface area contributed by atoms with Crippen LogP contribution in [0.1, 0.15) is 29.6 Å². The molecular formula is C24H19ClO5. The van der Waals surface area contributed by atoms with Crippen molar-refractivity contribution in [1.82, 2.24) is 0 Å². The van der Waals surface area contributed by atoms with Crippen molar-refractivity contribution in [2.75, 3.05) is 13.2 Å². The molecule has 0 fully saturated rings. The second-order valence-corrected chi connectivity index (χ2v) is 7.93. The van der Waals surface area contributed by atoms with E-state index < -0.39 is 5.97 Å². The van der Waals surface area contributed by atoms with Gasteiger partial charge in [-0.25, -0.2) is 0 Å². The molecule has 30 heavy (non-hydrogen) atoms. The summed E-state index contributed by atoms with van der Waals surface area (Å²) in [5.41, 5.74) is 4.03. The van der Waals surface area contributed by atoms with Gasteiger partial charge in [-0.15, -0.1) is 0 Å². The monoisotopic (exact) mass is 422 g/mol. The third-order valence-electron chi connectivity index (χ3n) is 5.47. The van der Waals surface area contributed by atoms with E-state index in [1.807, 2.05) is 54.6 Å². The van der Waals surface area contributed by atoms with Crippen molar-refractivity contribution in [3.05, 3.63) is 76.8 Å². The fraction of sp³-hybridized carbons (Fsp3) is 0.208. The van der Waals surface area contributed by atoms with Crippen LogP contribution in [0.4, 0.5) is 0 Å². The molecule has 2 aliphatic rings. The van der Waals surface area contributed by atoms with Gasteiger partial charge in [0.25, 0.3) is 0 Å². The largest absolute Gasteiger partial charge is 0.492 e. The Labute approximate surface area is 178 Å². The summed E-state index contributed by atoms with van der Waals surface area (Å²) in [5, 5.41) is 9.80. The lowest BCUT2D eigenvalue weighted by Gasteiger charge is -2.27. The van der Waals surface area contributed by atoms with Crippen molar-refractivity contribution in [3.63, 3.8) is 0 Å². The molecule has 5 nitrogen and oxygen atoms in total. The Hall–Kier alpha value is -3.18. The maximum absolute atomic E-state index is 11.1. The third-order valence-corrected chi connectivity index (χ3v) is 5.72. The molecule has 0 amide bonds. The summed E-state index contributed by atoms with van der Waals surface area (Å²) >= 11 is 6.00. The number of carboxylic acids is 1. The van der Waals surface area contributed by atoms with Crippen molar-refractivity contribution in [2.24, 2.45) is 0 Å². The molecule has 0 radical (unpaired) electrons. The zero-order valence-electron chi connectivity index (χ0n) is 16.0. The highest BCUT2D eigenvalue weighted by Gasteiger charge is 2.31. The fourth-order valence-electron chi connectivity index (χ4n) is 3.94. The Bertz CT molecular complexity index is 1110. The van der Waals surface area contributed by atoms with Crippen molar-refractivity contribution in [2.45, 2.75) is 18.4 Å². The number of ether oxygens (including phenoxy) is 3. The molecule has 0 aliphatic carbocycles. The predicted molar refractivity (Wildman–Crippen MR) is 113 cm³/mol. The van der Waals surface area contributed by atoms with Gasteiger partial charge in [0.1, 0.15) is 12.4 Å². The van der Waals surface area contributed by atoms with E-state index in [-0.39, 0.29) is 18.4 Å². The van der Waals surface area contributed by atoms with Gasteiger partial charge >= 0.3 is 5.97 Å². The summed E-state index contributed by atoms with van der Waals surface area (Å²) in [7, 11) is 0. The summed E-state index contributed by atoms with van der Waals surface area (Å²) < 4.78 is 17.9. The molecule has 0 aromatic heterocycles. The molecule has 3 aromatic rings. The molecule has 2 aliphatic heterocycles. The highest BCUT2D eigenvalue weighted by molar-refractivity contribution is 6.30. The van der Waals surface area contributed by atoms with Gasteiger partial charge in [0, 0.05) is 22.6 Å². The topological polar surface area (TPSA) is 65.0 Å². The van der Waals surface area contributed by atoms with Crippen molar-refractivity contribution in [1.29, 1.82) is 0 Å². The van der Waals surface area contributed by atoms with Crippen LogP contribution in [0.5, 0.6) is 17.2 Å². The first-order valence-electron chi connectivity index (χ1n) is 9.75. The molecule has 0 saturated heterocycles. The zero-order chi connectivity index (χ0) is 20.7. The maximum atomic E-state index is 11.1. The molecule has 6 heteroatoms. The van der Waals surface area contributed by atoms with E-state index in [1.54, 1.807) is 0 Å². The standard InChI is InChI=1S/C24H19ClO5/c25-18-6-4-14(5-7-18)15-2-1-3-16(8-15)23-13-29-21-10-19-17(9-24(26)27)12-28-20(19)11-22(21)30-23/h1-8,10-11,17,23H,9,12-13H2,(H,26,27)/t17-,23-/m1/s1. The zero-order valence-corrected chi connectivity index (χ0v) is 16.8. The van der Waals surface area contributed by atoms with Gasteiger partial charge in [0.2, 0.25) is 0 Å². The lowest BCUT2D eigenvalue weighted by atomic mass is 9.97. The summed E-state index contributed by atoms with van der Waals surface area (Å²) in [6, 6.07) is 19.5. The Morgan fingerprint density at radius 1 is 0.933 bits per heavy atom. The number of halogens is 1. The van der Waals surface area contributed by atoms with Crippen LogP contribution in [0, 0.1) is 0 Å². The van der Waals surface area contributed by atoms with E-state index in [9.17, 15) is 4.79 Å². The maximum Gasteiger partial charge on any atom is 0.304 e. The first kappa shape index (κ1) is 18.8. The normalized spacial score (nSPS) is 19.1. The lowest BCUT2D eigenvalue weighted by molar-refractivity contribution is -0.137. The SMILES string of the molecule is O=C(O)C[C@@H]1COc2cc3c(cc21)OC[C@H](c1cccc(-c2ccc(Cl)cc2)c1)O3. The minimum atomic E-state index is -0.841. The summed E-state index contributed by atoms with van der Waals surface area (Å²) in [6.45, 7) is 0.734. The van der Waals surface area contributed by atoms with Crippen LogP contribution in [-0.4, -0.2) is 24.3 Å². The first-order chi connectivity index (χ1) is 14.6. The number of hydrogen-bond donors (Lipinski definition) is 1. The van der Waals surface area contributed by atoms with E-state index in [0.717, 1.165) is 22.3 Å². The highest BCUT2D eigenvalue weighted by Crippen LogP contribution is 2.46. The molecule has 0 saturated carbocycles. The van der Waals surface area contributed by atoms with Crippen LogP contribution in [0.25, 0.3) is 11.1 Å². The number of fused-ring (bicyclic) bond motifs is 2. The van der Waals surface area contributed by atoms with E-state index in [2.05, 4.69) is 6.07 Å². The number of benzene rings is 3. The molecule has 0 bridgehead atoms. The van der Waals surface area contributed by atoms with Crippen LogP contribution in [-0.2, 0) is 4.79 Å². The van der Waals surface area contributed by atoms with Gasteiger partial charge < -0.3 is 19.3 Å². The van der Waals surface area contributed by atoms with Crippen LogP contribution in [0.3, 0.4) is 0 Å².